The Labute approximate surface area is 85.5 Å². The van der Waals surface area contributed by atoms with Crippen molar-refractivity contribution < 1.29 is 4.79 Å². The van der Waals surface area contributed by atoms with Gasteiger partial charge in [-0.3, -0.25) is 4.79 Å². The molecule has 1 N–H and O–H groups in total. The Bertz CT molecular complexity index is 266. The lowest BCUT2D eigenvalue weighted by Crippen LogP contribution is -2.29. The van der Waals surface area contributed by atoms with Gasteiger partial charge in [-0.15, -0.1) is 12.3 Å². The summed E-state index contributed by atoms with van der Waals surface area (Å²) < 4.78 is 0. The van der Waals surface area contributed by atoms with Gasteiger partial charge < -0.3 is 5.32 Å². The maximum Gasteiger partial charge on any atom is 0.223 e. The van der Waals surface area contributed by atoms with Gasteiger partial charge in [0.1, 0.15) is 0 Å². The smallest absolute Gasteiger partial charge is 0.223 e. The average molecular weight is 191 g/mol. The van der Waals surface area contributed by atoms with Crippen molar-refractivity contribution >= 4 is 5.91 Å². The van der Waals surface area contributed by atoms with E-state index in [4.69, 9.17) is 6.42 Å². The summed E-state index contributed by atoms with van der Waals surface area (Å²) in [5, 5.41) is 3.10. The van der Waals surface area contributed by atoms with Gasteiger partial charge in [0.25, 0.3) is 0 Å². The van der Waals surface area contributed by atoms with Crippen molar-refractivity contribution in [1.29, 1.82) is 0 Å². The van der Waals surface area contributed by atoms with Crippen LogP contribution in [0.1, 0.15) is 38.5 Å². The zero-order chi connectivity index (χ0) is 9.97. The number of fused-ring (bicyclic) bond motifs is 1. The highest BCUT2D eigenvalue weighted by atomic mass is 16.2. The molecule has 2 nitrogen and oxygen atoms in total. The maximum absolute atomic E-state index is 11.6. The quantitative estimate of drug-likeness (QED) is 0.661. The topological polar surface area (TPSA) is 29.1 Å². The van der Waals surface area contributed by atoms with Gasteiger partial charge in [-0.1, -0.05) is 12.8 Å². The molecule has 0 radical (unpaired) electrons. The molecule has 14 heavy (non-hydrogen) atoms. The van der Waals surface area contributed by atoms with Gasteiger partial charge in [-0.05, 0) is 25.2 Å². The Kier molecular flexibility index (Phi) is 2.77. The molecule has 0 bridgehead atoms. The molecule has 0 aromatic carbocycles. The first-order valence-corrected chi connectivity index (χ1v) is 5.57. The van der Waals surface area contributed by atoms with Crippen LogP contribution in [0, 0.1) is 24.2 Å². The van der Waals surface area contributed by atoms with Crippen LogP contribution in [0.25, 0.3) is 0 Å². The standard InChI is InChI=1S/C12H17NO/c1-2-3-8-11-9-6-4-5-7-10(9)12(14)13-11/h1,9-11H,3-8H2,(H,13,14)/t9-,10+,11-/m0/s1. The lowest BCUT2D eigenvalue weighted by atomic mass is 9.77. The van der Waals surface area contributed by atoms with Crippen molar-refractivity contribution in [2.75, 3.05) is 0 Å². The second kappa shape index (κ2) is 4.04. The molecule has 1 amide bonds. The Hall–Kier alpha value is -0.970. The van der Waals surface area contributed by atoms with E-state index in [-0.39, 0.29) is 5.91 Å². The molecule has 1 saturated carbocycles. The number of terminal acetylenes is 1. The highest BCUT2D eigenvalue weighted by Crippen LogP contribution is 2.37. The number of carbonyl (C=O) groups is 1. The first kappa shape index (κ1) is 9.58. The summed E-state index contributed by atoms with van der Waals surface area (Å²) in [6.45, 7) is 0. The zero-order valence-corrected chi connectivity index (χ0v) is 8.46. The summed E-state index contributed by atoms with van der Waals surface area (Å²) in [6, 6.07) is 0.365. The van der Waals surface area contributed by atoms with Gasteiger partial charge in [0.05, 0.1) is 0 Å². The molecule has 0 spiro atoms. The van der Waals surface area contributed by atoms with Crippen molar-refractivity contribution in [3.05, 3.63) is 0 Å². The summed E-state index contributed by atoms with van der Waals surface area (Å²) >= 11 is 0. The van der Waals surface area contributed by atoms with Crippen molar-refractivity contribution in [3.8, 4) is 12.3 Å². The van der Waals surface area contributed by atoms with Gasteiger partial charge in [0, 0.05) is 18.4 Å². The number of hydrogen-bond donors (Lipinski definition) is 1. The van der Waals surface area contributed by atoms with E-state index in [1.54, 1.807) is 0 Å². The molecular formula is C12H17NO. The minimum atomic E-state index is 0.275. The summed E-state index contributed by atoms with van der Waals surface area (Å²) in [5.41, 5.74) is 0. The maximum atomic E-state index is 11.6. The lowest BCUT2D eigenvalue weighted by Gasteiger charge is -2.26. The summed E-state index contributed by atoms with van der Waals surface area (Å²) in [5.74, 6) is 3.80. The number of rotatable bonds is 2. The predicted octanol–water partition coefficient (Wildman–Crippen LogP) is 1.70. The minimum absolute atomic E-state index is 0.275. The van der Waals surface area contributed by atoms with E-state index < -0.39 is 0 Å². The SMILES string of the molecule is C#CCC[C@@H]1NC(=O)[C@@H]2CCCC[C@H]12. The molecule has 2 fully saturated rings. The van der Waals surface area contributed by atoms with E-state index in [2.05, 4.69) is 11.2 Å². The molecule has 1 saturated heterocycles. The molecule has 2 aliphatic rings. The van der Waals surface area contributed by atoms with Gasteiger partial charge in [-0.2, -0.15) is 0 Å². The molecule has 1 aliphatic heterocycles. The van der Waals surface area contributed by atoms with Crippen LogP contribution in [0.5, 0.6) is 0 Å². The van der Waals surface area contributed by atoms with Gasteiger partial charge in [0.15, 0.2) is 0 Å². The van der Waals surface area contributed by atoms with Gasteiger partial charge >= 0.3 is 0 Å². The molecule has 1 heterocycles. The normalized spacial score (nSPS) is 35.9. The monoisotopic (exact) mass is 191 g/mol. The van der Waals surface area contributed by atoms with Crippen LogP contribution in [0.2, 0.25) is 0 Å². The number of hydrogen-bond acceptors (Lipinski definition) is 1. The van der Waals surface area contributed by atoms with Gasteiger partial charge in [0.2, 0.25) is 5.91 Å². The molecular weight excluding hydrogens is 174 g/mol. The molecule has 2 rings (SSSR count). The molecule has 3 atom stereocenters. The predicted molar refractivity (Wildman–Crippen MR) is 55.4 cm³/mol. The van der Waals surface area contributed by atoms with Gasteiger partial charge in [-0.25, -0.2) is 0 Å². The average Bonchev–Trinajstić information content (AvgIpc) is 2.54. The van der Waals surface area contributed by atoms with Crippen molar-refractivity contribution in [3.63, 3.8) is 0 Å². The van der Waals surface area contributed by atoms with Crippen LogP contribution in [0.4, 0.5) is 0 Å². The molecule has 2 heteroatoms. The summed E-state index contributed by atoms with van der Waals surface area (Å²) in [4.78, 5) is 11.6. The molecule has 0 aromatic heterocycles. The van der Waals surface area contributed by atoms with Crippen LogP contribution in [0.15, 0.2) is 0 Å². The zero-order valence-electron chi connectivity index (χ0n) is 8.46. The van der Waals surface area contributed by atoms with Crippen LogP contribution in [0.3, 0.4) is 0 Å². The minimum Gasteiger partial charge on any atom is -0.353 e. The van der Waals surface area contributed by atoms with Crippen LogP contribution >= 0.6 is 0 Å². The second-order valence-corrected chi connectivity index (χ2v) is 4.41. The molecule has 76 valence electrons. The van der Waals surface area contributed by atoms with E-state index in [0.717, 1.165) is 19.3 Å². The highest BCUT2D eigenvalue weighted by Gasteiger charge is 2.42. The fraction of sp³-hybridized carbons (Fsp3) is 0.750. The second-order valence-electron chi connectivity index (χ2n) is 4.41. The van der Waals surface area contributed by atoms with Crippen molar-refractivity contribution in [2.24, 2.45) is 11.8 Å². The number of nitrogens with one attached hydrogen (secondary N) is 1. The Morgan fingerprint density at radius 2 is 2.21 bits per heavy atom. The summed E-state index contributed by atoms with van der Waals surface area (Å²) in [7, 11) is 0. The molecule has 0 unspecified atom stereocenters. The summed E-state index contributed by atoms with van der Waals surface area (Å²) in [6.07, 6.45) is 11.8. The largest absolute Gasteiger partial charge is 0.353 e. The van der Waals surface area contributed by atoms with E-state index in [9.17, 15) is 4.79 Å². The van der Waals surface area contributed by atoms with Crippen LogP contribution in [-0.4, -0.2) is 11.9 Å². The van der Waals surface area contributed by atoms with E-state index >= 15 is 0 Å². The van der Waals surface area contributed by atoms with Crippen molar-refractivity contribution in [2.45, 2.75) is 44.6 Å². The van der Waals surface area contributed by atoms with Crippen molar-refractivity contribution in [1.82, 2.24) is 5.32 Å². The highest BCUT2D eigenvalue weighted by molar-refractivity contribution is 5.81. The molecule has 0 aromatic rings. The lowest BCUT2D eigenvalue weighted by molar-refractivity contribution is -0.123. The Morgan fingerprint density at radius 1 is 1.43 bits per heavy atom. The first-order valence-electron chi connectivity index (χ1n) is 5.57. The Morgan fingerprint density at radius 3 is 3.00 bits per heavy atom. The van der Waals surface area contributed by atoms with E-state index in [1.165, 1.54) is 19.3 Å². The van der Waals surface area contributed by atoms with E-state index in [1.807, 2.05) is 0 Å². The number of amides is 1. The molecule has 1 aliphatic carbocycles. The van der Waals surface area contributed by atoms with Crippen LogP contribution in [-0.2, 0) is 4.79 Å². The third-order valence-corrected chi connectivity index (χ3v) is 3.60. The fourth-order valence-electron chi connectivity index (χ4n) is 2.89. The van der Waals surface area contributed by atoms with E-state index in [0.29, 0.717) is 17.9 Å². The Balaban J connectivity index is 1.99. The third kappa shape index (κ3) is 1.64. The first-order chi connectivity index (χ1) is 6.83. The fourth-order valence-corrected chi connectivity index (χ4v) is 2.89. The van der Waals surface area contributed by atoms with Crippen LogP contribution < -0.4 is 5.32 Å². The third-order valence-electron chi connectivity index (χ3n) is 3.60. The number of carbonyl (C=O) groups excluding carboxylic acids is 1.